The van der Waals surface area contributed by atoms with Gasteiger partial charge in [0.1, 0.15) is 4.90 Å². The molecule has 0 saturated carbocycles. The summed E-state index contributed by atoms with van der Waals surface area (Å²) in [5.74, 6) is 0.961. The van der Waals surface area contributed by atoms with Gasteiger partial charge < -0.3 is 5.32 Å². The van der Waals surface area contributed by atoms with Gasteiger partial charge in [0.05, 0.1) is 5.69 Å². The lowest BCUT2D eigenvalue weighted by molar-refractivity contribution is 0.388. The van der Waals surface area contributed by atoms with Crippen LogP contribution in [0.5, 0.6) is 0 Å². The number of hydrogen-bond acceptors (Lipinski definition) is 4. The third kappa shape index (κ3) is 2.74. The van der Waals surface area contributed by atoms with E-state index in [1.165, 1.54) is 6.20 Å². The maximum absolute atomic E-state index is 12.6. The molecule has 6 heteroatoms. The van der Waals surface area contributed by atoms with Crippen LogP contribution in [-0.4, -0.2) is 37.8 Å². The van der Waals surface area contributed by atoms with Gasteiger partial charge in [-0.3, -0.25) is 4.98 Å². The van der Waals surface area contributed by atoms with Gasteiger partial charge in [-0.2, -0.15) is 4.31 Å². The molecule has 1 saturated heterocycles. The highest BCUT2D eigenvalue weighted by atomic mass is 32.2. The van der Waals surface area contributed by atoms with Crippen molar-refractivity contribution in [1.82, 2.24) is 9.29 Å². The van der Waals surface area contributed by atoms with Crippen LogP contribution < -0.4 is 5.32 Å². The molecule has 0 amide bonds. The van der Waals surface area contributed by atoms with Gasteiger partial charge in [-0.25, -0.2) is 8.42 Å². The average molecular weight is 283 g/mol. The molecule has 1 atom stereocenters. The summed E-state index contributed by atoms with van der Waals surface area (Å²) >= 11 is 0. The van der Waals surface area contributed by atoms with E-state index in [9.17, 15) is 8.42 Å². The van der Waals surface area contributed by atoms with E-state index < -0.39 is 10.0 Å². The molecule has 2 rings (SSSR count). The molecular formula is C13H21N3O2S. The fourth-order valence-electron chi connectivity index (χ4n) is 2.45. The molecule has 0 aliphatic carbocycles. The summed E-state index contributed by atoms with van der Waals surface area (Å²) in [7, 11) is -1.72. The molecule has 5 nitrogen and oxygen atoms in total. The Morgan fingerprint density at radius 1 is 1.47 bits per heavy atom. The van der Waals surface area contributed by atoms with Gasteiger partial charge >= 0.3 is 0 Å². The number of nitrogens with zero attached hydrogens (tertiary/aromatic N) is 2. The van der Waals surface area contributed by atoms with Gasteiger partial charge in [-0.05, 0) is 24.3 Å². The minimum atomic E-state index is -3.44. The second kappa shape index (κ2) is 5.46. The highest BCUT2D eigenvalue weighted by molar-refractivity contribution is 7.89. The number of aromatic nitrogens is 1. The van der Waals surface area contributed by atoms with Crippen molar-refractivity contribution < 1.29 is 8.42 Å². The van der Waals surface area contributed by atoms with Crippen LogP contribution in [0.25, 0.3) is 0 Å². The summed E-state index contributed by atoms with van der Waals surface area (Å²) in [5, 5.41) is 2.91. The smallest absolute Gasteiger partial charge is 0.246 e. The van der Waals surface area contributed by atoms with E-state index in [0.29, 0.717) is 30.6 Å². The lowest BCUT2D eigenvalue weighted by atomic mass is 9.96. The summed E-state index contributed by atoms with van der Waals surface area (Å²) in [4.78, 5) is 4.20. The van der Waals surface area contributed by atoms with Gasteiger partial charge in [-0.1, -0.05) is 13.8 Å². The first kappa shape index (κ1) is 14.3. The van der Waals surface area contributed by atoms with Crippen LogP contribution in [0.1, 0.15) is 20.3 Å². The standard InChI is InChI=1S/C13H21N3O2S/c1-10(2)11-5-7-16(9-11)19(17,18)13-8-15-6-4-12(13)14-3/h4,6,8,10-11H,5,7,9H2,1-3H3,(H,14,15). The quantitative estimate of drug-likeness (QED) is 0.915. The third-order valence-electron chi connectivity index (χ3n) is 3.80. The lowest BCUT2D eigenvalue weighted by Crippen LogP contribution is -2.30. The van der Waals surface area contributed by atoms with E-state index in [1.807, 2.05) is 0 Å². The first-order chi connectivity index (χ1) is 8.96. The Labute approximate surface area is 115 Å². The van der Waals surface area contributed by atoms with Crippen molar-refractivity contribution in [2.24, 2.45) is 11.8 Å². The number of pyridine rings is 1. The average Bonchev–Trinajstić information content (AvgIpc) is 2.89. The zero-order valence-corrected chi connectivity index (χ0v) is 12.4. The molecule has 0 spiro atoms. The molecule has 2 heterocycles. The number of anilines is 1. The molecule has 0 radical (unpaired) electrons. The SMILES string of the molecule is CNc1ccncc1S(=O)(=O)N1CCC(C(C)C)C1. The largest absolute Gasteiger partial charge is 0.387 e. The van der Waals surface area contributed by atoms with Crippen LogP contribution in [0.2, 0.25) is 0 Å². The molecule has 0 aromatic carbocycles. The Kier molecular flexibility index (Phi) is 4.10. The molecule has 0 bridgehead atoms. The van der Waals surface area contributed by atoms with Gasteiger partial charge in [-0.15, -0.1) is 0 Å². The highest BCUT2D eigenvalue weighted by Gasteiger charge is 2.34. The van der Waals surface area contributed by atoms with Crippen molar-refractivity contribution in [2.45, 2.75) is 25.2 Å². The Hall–Kier alpha value is -1.14. The maximum Gasteiger partial charge on any atom is 0.246 e. The minimum absolute atomic E-state index is 0.266. The third-order valence-corrected chi connectivity index (χ3v) is 5.69. The molecule has 1 aromatic heterocycles. The Balaban J connectivity index is 2.29. The molecule has 1 aliphatic heterocycles. The van der Waals surface area contributed by atoms with Crippen molar-refractivity contribution >= 4 is 15.7 Å². The lowest BCUT2D eigenvalue weighted by Gasteiger charge is -2.19. The minimum Gasteiger partial charge on any atom is -0.387 e. The second-order valence-corrected chi connectivity index (χ2v) is 7.18. The zero-order chi connectivity index (χ0) is 14.0. The normalized spacial score (nSPS) is 20.9. The van der Waals surface area contributed by atoms with Crippen LogP contribution in [0.4, 0.5) is 5.69 Å². The van der Waals surface area contributed by atoms with Gasteiger partial charge in [0.2, 0.25) is 10.0 Å². The van der Waals surface area contributed by atoms with Crippen molar-refractivity contribution in [3.05, 3.63) is 18.5 Å². The Morgan fingerprint density at radius 3 is 2.79 bits per heavy atom. The van der Waals surface area contributed by atoms with E-state index in [2.05, 4.69) is 24.1 Å². The van der Waals surface area contributed by atoms with E-state index in [4.69, 9.17) is 0 Å². The van der Waals surface area contributed by atoms with Crippen LogP contribution >= 0.6 is 0 Å². The van der Waals surface area contributed by atoms with Gasteiger partial charge in [0.25, 0.3) is 0 Å². The predicted molar refractivity (Wildman–Crippen MR) is 75.5 cm³/mol. The van der Waals surface area contributed by atoms with Crippen molar-refractivity contribution in [1.29, 1.82) is 0 Å². The van der Waals surface area contributed by atoms with Crippen LogP contribution in [-0.2, 0) is 10.0 Å². The predicted octanol–water partition coefficient (Wildman–Crippen LogP) is 1.79. The molecule has 19 heavy (non-hydrogen) atoms. The highest BCUT2D eigenvalue weighted by Crippen LogP contribution is 2.30. The number of hydrogen-bond donors (Lipinski definition) is 1. The number of sulfonamides is 1. The molecule has 1 aliphatic rings. The van der Waals surface area contributed by atoms with Crippen LogP contribution in [0, 0.1) is 11.8 Å². The van der Waals surface area contributed by atoms with Crippen molar-refractivity contribution in [2.75, 3.05) is 25.5 Å². The summed E-state index contributed by atoms with van der Waals surface area (Å²) in [5.41, 5.74) is 0.600. The molecular weight excluding hydrogens is 262 g/mol. The number of rotatable bonds is 4. The second-order valence-electron chi connectivity index (χ2n) is 5.28. The van der Waals surface area contributed by atoms with E-state index in [1.54, 1.807) is 23.6 Å². The summed E-state index contributed by atoms with van der Waals surface area (Å²) in [6, 6.07) is 1.68. The Bertz CT molecular complexity index is 543. The Morgan fingerprint density at radius 2 is 2.21 bits per heavy atom. The fourth-order valence-corrected chi connectivity index (χ4v) is 4.10. The van der Waals surface area contributed by atoms with Gasteiger partial charge in [0.15, 0.2) is 0 Å². The fraction of sp³-hybridized carbons (Fsp3) is 0.615. The monoisotopic (exact) mass is 283 g/mol. The molecule has 1 fully saturated rings. The van der Waals surface area contributed by atoms with Crippen LogP contribution in [0.3, 0.4) is 0 Å². The molecule has 1 unspecified atom stereocenters. The molecule has 1 N–H and O–H groups in total. The van der Waals surface area contributed by atoms with E-state index in [0.717, 1.165) is 6.42 Å². The maximum atomic E-state index is 12.6. The molecule has 1 aromatic rings. The summed E-state index contributed by atoms with van der Waals surface area (Å²) < 4.78 is 26.8. The van der Waals surface area contributed by atoms with E-state index in [-0.39, 0.29) is 4.90 Å². The van der Waals surface area contributed by atoms with Crippen molar-refractivity contribution in [3.63, 3.8) is 0 Å². The molecule has 106 valence electrons. The zero-order valence-electron chi connectivity index (χ0n) is 11.6. The van der Waals surface area contributed by atoms with Crippen molar-refractivity contribution in [3.8, 4) is 0 Å². The summed E-state index contributed by atoms with van der Waals surface area (Å²) in [6.45, 7) is 5.50. The topological polar surface area (TPSA) is 62.3 Å². The summed E-state index contributed by atoms with van der Waals surface area (Å²) in [6.07, 6.45) is 3.95. The first-order valence-electron chi connectivity index (χ1n) is 6.58. The van der Waals surface area contributed by atoms with E-state index >= 15 is 0 Å². The van der Waals surface area contributed by atoms with Gasteiger partial charge in [0, 0.05) is 32.5 Å². The first-order valence-corrected chi connectivity index (χ1v) is 8.02. The van der Waals surface area contributed by atoms with Crippen LogP contribution in [0.15, 0.2) is 23.4 Å². The number of nitrogens with one attached hydrogen (secondary N) is 1.